The fourth-order valence-corrected chi connectivity index (χ4v) is 2.52. The molecule has 0 radical (unpaired) electrons. The molecule has 0 aromatic heterocycles. The molecule has 0 spiro atoms. The summed E-state index contributed by atoms with van der Waals surface area (Å²) < 4.78 is 44.7. The van der Waals surface area contributed by atoms with Crippen molar-refractivity contribution in [3.63, 3.8) is 0 Å². The van der Waals surface area contributed by atoms with E-state index in [4.69, 9.17) is 14.2 Å². The smallest absolute Gasteiger partial charge is 0.408 e. The van der Waals surface area contributed by atoms with Crippen LogP contribution in [0.15, 0.2) is 30.3 Å². The second kappa shape index (κ2) is 13.9. The van der Waals surface area contributed by atoms with Crippen molar-refractivity contribution in [2.24, 2.45) is 0 Å². The summed E-state index contributed by atoms with van der Waals surface area (Å²) in [5.41, 5.74) is 0.188. The first-order valence-electron chi connectivity index (χ1n) is 9.91. The third kappa shape index (κ3) is 12.9. The Kier molecular flexibility index (Phi) is 12.0. The largest absolute Gasteiger partial charge is 0.444 e. The van der Waals surface area contributed by atoms with Gasteiger partial charge in [0.2, 0.25) is 5.91 Å². The molecule has 1 rings (SSSR count). The second-order valence-electron chi connectivity index (χ2n) is 7.78. The maximum atomic E-state index is 12.7. The Morgan fingerprint density at radius 1 is 1.06 bits per heavy atom. The highest BCUT2D eigenvalue weighted by Crippen LogP contribution is 2.08. The molecule has 0 aliphatic carbocycles. The number of ether oxygens (including phenoxy) is 4. The monoisotopic (exact) mass is 446 g/mol. The van der Waals surface area contributed by atoms with Gasteiger partial charge in [-0.1, -0.05) is 30.3 Å². The van der Waals surface area contributed by atoms with Gasteiger partial charge in [-0.25, -0.2) is 4.79 Å². The van der Waals surface area contributed by atoms with Crippen LogP contribution in [0, 0.1) is 0 Å². The number of alkyl halides is 2. The van der Waals surface area contributed by atoms with Crippen LogP contribution in [0.25, 0.3) is 0 Å². The van der Waals surface area contributed by atoms with Crippen LogP contribution in [0.2, 0.25) is 0 Å². The summed E-state index contributed by atoms with van der Waals surface area (Å²) in [6.07, 6.45) is -1.01. The first-order valence-corrected chi connectivity index (χ1v) is 9.91. The van der Waals surface area contributed by atoms with Gasteiger partial charge < -0.3 is 29.6 Å². The van der Waals surface area contributed by atoms with Crippen molar-refractivity contribution in [1.82, 2.24) is 10.6 Å². The number of rotatable bonds is 13. The van der Waals surface area contributed by atoms with Gasteiger partial charge in [0.15, 0.2) is 0 Å². The van der Waals surface area contributed by atoms with Gasteiger partial charge in [0.25, 0.3) is 0 Å². The van der Waals surface area contributed by atoms with E-state index in [-0.39, 0.29) is 19.6 Å². The zero-order valence-corrected chi connectivity index (χ0v) is 18.4. The Labute approximate surface area is 181 Å². The predicted octanol–water partition coefficient (Wildman–Crippen LogP) is 2.86. The SMILES string of the molecule is COC[C@@H](COCc1ccccc1)NC(=O)C(CCOC(F)F)NC(=O)OC(C)(C)C. The predicted molar refractivity (Wildman–Crippen MR) is 110 cm³/mol. The molecule has 2 amide bonds. The number of alkyl carbamates (subject to hydrolysis) is 1. The van der Waals surface area contributed by atoms with Crippen LogP contribution in [0.3, 0.4) is 0 Å². The van der Waals surface area contributed by atoms with Crippen molar-refractivity contribution in [1.29, 1.82) is 0 Å². The lowest BCUT2D eigenvalue weighted by molar-refractivity contribution is -0.136. The van der Waals surface area contributed by atoms with Crippen molar-refractivity contribution >= 4 is 12.0 Å². The molecule has 2 atom stereocenters. The first-order chi connectivity index (χ1) is 14.6. The summed E-state index contributed by atoms with van der Waals surface area (Å²) in [6.45, 7) is 2.26. The van der Waals surface area contributed by atoms with Crippen molar-refractivity contribution in [2.45, 2.75) is 58.1 Å². The number of carbonyl (C=O) groups excluding carboxylic acids is 2. The van der Waals surface area contributed by atoms with E-state index >= 15 is 0 Å². The fourth-order valence-electron chi connectivity index (χ4n) is 2.52. The Balaban J connectivity index is 2.67. The summed E-state index contributed by atoms with van der Waals surface area (Å²) in [5, 5.41) is 5.11. The molecule has 10 heteroatoms. The number of amides is 2. The molecule has 1 aromatic carbocycles. The average Bonchev–Trinajstić information content (AvgIpc) is 2.66. The van der Waals surface area contributed by atoms with Gasteiger partial charge in [-0.2, -0.15) is 8.78 Å². The van der Waals surface area contributed by atoms with E-state index in [0.717, 1.165) is 5.56 Å². The molecule has 0 aliphatic heterocycles. The van der Waals surface area contributed by atoms with E-state index < -0.39 is 42.9 Å². The van der Waals surface area contributed by atoms with Gasteiger partial charge in [0.05, 0.1) is 32.5 Å². The first kappa shape index (κ1) is 26.7. The molecular formula is C21H32F2N2O6. The lowest BCUT2D eigenvalue weighted by atomic mass is 10.1. The van der Waals surface area contributed by atoms with E-state index in [1.54, 1.807) is 20.8 Å². The third-order valence-electron chi connectivity index (χ3n) is 3.80. The summed E-state index contributed by atoms with van der Waals surface area (Å²) >= 11 is 0. The van der Waals surface area contributed by atoms with Crippen molar-refractivity contribution < 1.29 is 37.3 Å². The number of benzene rings is 1. The zero-order valence-electron chi connectivity index (χ0n) is 18.4. The summed E-state index contributed by atoms with van der Waals surface area (Å²) in [5.74, 6) is -0.589. The van der Waals surface area contributed by atoms with Crippen LogP contribution in [-0.2, 0) is 30.3 Å². The van der Waals surface area contributed by atoms with Crippen LogP contribution in [-0.4, -0.2) is 63.2 Å². The maximum absolute atomic E-state index is 12.7. The molecule has 176 valence electrons. The van der Waals surface area contributed by atoms with Gasteiger partial charge in [-0.3, -0.25) is 4.79 Å². The average molecular weight is 446 g/mol. The Bertz CT molecular complexity index is 655. The molecule has 0 saturated heterocycles. The number of hydrogen-bond acceptors (Lipinski definition) is 6. The highest BCUT2D eigenvalue weighted by atomic mass is 19.3. The van der Waals surface area contributed by atoms with E-state index in [2.05, 4.69) is 15.4 Å². The molecule has 0 fully saturated rings. The summed E-state index contributed by atoms with van der Waals surface area (Å²) in [7, 11) is 1.48. The molecule has 0 aliphatic rings. The van der Waals surface area contributed by atoms with Crippen LogP contribution < -0.4 is 10.6 Å². The normalized spacial score (nSPS) is 13.5. The molecule has 0 heterocycles. The number of hydrogen-bond donors (Lipinski definition) is 2. The highest BCUT2D eigenvalue weighted by Gasteiger charge is 2.26. The van der Waals surface area contributed by atoms with Crippen LogP contribution in [0.4, 0.5) is 13.6 Å². The van der Waals surface area contributed by atoms with Crippen LogP contribution >= 0.6 is 0 Å². The molecule has 1 aromatic rings. The molecule has 0 saturated carbocycles. The standard InChI is InChI=1S/C21H32F2N2O6/c1-21(2,3)31-20(27)25-17(10-11-30-19(22)23)18(26)24-16(13-28-4)14-29-12-15-8-6-5-7-9-15/h5-9,16-17,19H,10-14H2,1-4H3,(H,24,26)(H,25,27)/t16-,17?/m0/s1. The molecule has 0 bridgehead atoms. The van der Waals surface area contributed by atoms with Gasteiger partial charge in [0, 0.05) is 13.5 Å². The molecule has 1 unspecified atom stereocenters. The van der Waals surface area contributed by atoms with Crippen molar-refractivity contribution in [3.8, 4) is 0 Å². The van der Waals surface area contributed by atoms with E-state index in [9.17, 15) is 18.4 Å². The van der Waals surface area contributed by atoms with Crippen molar-refractivity contribution in [2.75, 3.05) is 26.9 Å². The van der Waals surface area contributed by atoms with E-state index in [0.29, 0.717) is 6.61 Å². The minimum absolute atomic E-state index is 0.154. The number of nitrogens with one attached hydrogen (secondary N) is 2. The highest BCUT2D eigenvalue weighted by molar-refractivity contribution is 5.85. The Hall–Kier alpha value is -2.30. The minimum Gasteiger partial charge on any atom is -0.444 e. The topological polar surface area (TPSA) is 95.1 Å². The van der Waals surface area contributed by atoms with E-state index in [1.165, 1.54) is 7.11 Å². The van der Waals surface area contributed by atoms with Gasteiger partial charge in [-0.15, -0.1) is 0 Å². The van der Waals surface area contributed by atoms with Crippen molar-refractivity contribution in [3.05, 3.63) is 35.9 Å². The second-order valence-corrected chi connectivity index (χ2v) is 7.78. The Morgan fingerprint density at radius 3 is 2.32 bits per heavy atom. The molecule has 31 heavy (non-hydrogen) atoms. The van der Waals surface area contributed by atoms with Gasteiger partial charge in [0.1, 0.15) is 11.6 Å². The fraction of sp³-hybridized carbons (Fsp3) is 0.619. The molecule has 8 nitrogen and oxygen atoms in total. The quantitative estimate of drug-likeness (QED) is 0.484. The van der Waals surface area contributed by atoms with Crippen LogP contribution in [0.5, 0.6) is 0 Å². The zero-order chi connectivity index (χ0) is 23.3. The lowest BCUT2D eigenvalue weighted by Crippen LogP contribution is -2.52. The molecule has 2 N–H and O–H groups in total. The van der Waals surface area contributed by atoms with Crippen LogP contribution in [0.1, 0.15) is 32.8 Å². The van der Waals surface area contributed by atoms with Gasteiger partial charge >= 0.3 is 12.7 Å². The summed E-state index contributed by atoms with van der Waals surface area (Å²) in [4.78, 5) is 24.8. The summed E-state index contributed by atoms with van der Waals surface area (Å²) in [6, 6.07) is 7.85. The number of carbonyl (C=O) groups is 2. The minimum atomic E-state index is -2.97. The lowest BCUT2D eigenvalue weighted by Gasteiger charge is -2.25. The maximum Gasteiger partial charge on any atom is 0.408 e. The van der Waals surface area contributed by atoms with E-state index in [1.807, 2.05) is 30.3 Å². The number of methoxy groups -OCH3 is 1. The third-order valence-corrected chi connectivity index (χ3v) is 3.80. The number of halogens is 2. The van der Waals surface area contributed by atoms with Gasteiger partial charge in [-0.05, 0) is 26.3 Å². The Morgan fingerprint density at radius 2 is 1.74 bits per heavy atom. The molecular weight excluding hydrogens is 414 g/mol.